The average molecular weight is 582 g/mol. The van der Waals surface area contributed by atoms with Gasteiger partial charge < -0.3 is 20.1 Å². The summed E-state index contributed by atoms with van der Waals surface area (Å²) in [5.74, 6) is -1.19. The second-order valence-corrected chi connectivity index (χ2v) is 9.25. The first kappa shape index (κ1) is 29.8. The van der Waals surface area contributed by atoms with Gasteiger partial charge in [-0.1, -0.05) is 6.08 Å². The van der Waals surface area contributed by atoms with Crippen molar-refractivity contribution in [2.75, 3.05) is 5.32 Å². The molecule has 1 fully saturated rings. The van der Waals surface area contributed by atoms with Gasteiger partial charge in [-0.2, -0.15) is 23.5 Å². The Balaban J connectivity index is 1.42. The lowest BCUT2D eigenvalue weighted by Gasteiger charge is -2.29. The highest BCUT2D eigenvalue weighted by molar-refractivity contribution is 5.95. The molecule has 0 saturated heterocycles. The molecule has 14 heteroatoms. The molecule has 0 aliphatic heterocycles. The zero-order valence-corrected chi connectivity index (χ0v) is 22.4. The van der Waals surface area contributed by atoms with Crippen molar-refractivity contribution in [3.63, 3.8) is 0 Å². The average Bonchev–Trinajstić information content (AvgIpc) is 3.39. The van der Waals surface area contributed by atoms with Crippen molar-refractivity contribution in [3.8, 4) is 17.6 Å². The number of ether oxygens (including phenoxy) is 2. The van der Waals surface area contributed by atoms with E-state index in [0.717, 1.165) is 0 Å². The number of H-pyrrole nitrogens is 1. The number of rotatable bonds is 9. The fraction of sp³-hybridized carbons (Fsp3) is 0.286. The van der Waals surface area contributed by atoms with Crippen LogP contribution >= 0.6 is 0 Å². The van der Waals surface area contributed by atoms with Crippen molar-refractivity contribution in [1.82, 2.24) is 20.5 Å². The van der Waals surface area contributed by atoms with Crippen molar-refractivity contribution >= 4 is 35.4 Å². The van der Waals surface area contributed by atoms with Gasteiger partial charge in [-0.05, 0) is 69.7 Å². The Bertz CT molecular complexity index is 1560. The zero-order chi connectivity index (χ0) is 30.3. The third-order valence-electron chi connectivity index (χ3n) is 6.43. The van der Waals surface area contributed by atoms with Crippen LogP contribution in [0.25, 0.3) is 11.0 Å². The van der Waals surface area contributed by atoms with Crippen LogP contribution in [0.1, 0.15) is 43.0 Å². The Morgan fingerprint density at radius 1 is 1.19 bits per heavy atom. The maximum Gasteiger partial charge on any atom is 0.490 e. The lowest BCUT2D eigenvalue weighted by Crippen LogP contribution is -2.35. The van der Waals surface area contributed by atoms with Crippen LogP contribution in [0.2, 0.25) is 0 Å². The van der Waals surface area contributed by atoms with Gasteiger partial charge in [0.2, 0.25) is 0 Å². The second kappa shape index (κ2) is 13.0. The van der Waals surface area contributed by atoms with E-state index < -0.39 is 24.2 Å². The minimum absolute atomic E-state index is 0.121. The van der Waals surface area contributed by atoms with Gasteiger partial charge in [-0.15, -0.1) is 0 Å². The number of esters is 1. The number of nitrogens with one attached hydrogen (secondary N) is 3. The predicted octanol–water partition coefficient (Wildman–Crippen LogP) is 5.32. The van der Waals surface area contributed by atoms with E-state index >= 15 is 0 Å². The molecule has 0 unspecified atom stereocenters. The van der Waals surface area contributed by atoms with Crippen LogP contribution in [-0.2, 0) is 9.53 Å². The number of hydrogen-bond donors (Lipinski definition) is 3. The van der Waals surface area contributed by atoms with E-state index in [0.29, 0.717) is 52.3 Å². The van der Waals surface area contributed by atoms with E-state index in [4.69, 9.17) is 10.00 Å². The summed E-state index contributed by atoms with van der Waals surface area (Å²) in [6, 6.07) is 9.83. The summed E-state index contributed by atoms with van der Waals surface area (Å²) in [6.07, 6.45) is 0.197. The number of nitriles is 1. The molecule has 3 aromatic rings. The molecular formula is C28H26F3N7O4. The van der Waals surface area contributed by atoms with Crippen molar-refractivity contribution in [2.24, 2.45) is 4.99 Å². The molecule has 0 bridgehead atoms. The first-order valence-corrected chi connectivity index (χ1v) is 12.8. The van der Waals surface area contributed by atoms with Gasteiger partial charge in [-0.3, -0.25) is 9.89 Å². The maximum absolute atomic E-state index is 12.6. The highest BCUT2D eigenvalue weighted by Gasteiger charge is 2.42. The fourth-order valence-electron chi connectivity index (χ4n) is 4.29. The third-order valence-corrected chi connectivity index (χ3v) is 6.43. The van der Waals surface area contributed by atoms with Crippen LogP contribution < -0.4 is 15.4 Å². The van der Waals surface area contributed by atoms with Gasteiger partial charge in [0.05, 0.1) is 11.6 Å². The van der Waals surface area contributed by atoms with E-state index in [1.807, 2.05) is 6.07 Å². The summed E-state index contributed by atoms with van der Waals surface area (Å²) < 4.78 is 48.1. The van der Waals surface area contributed by atoms with E-state index in [9.17, 15) is 22.8 Å². The number of hydrogen-bond acceptors (Lipinski definition) is 9. The number of halogens is 3. The van der Waals surface area contributed by atoms with Crippen LogP contribution in [0.4, 0.5) is 19.0 Å². The molecule has 2 heterocycles. The molecule has 4 rings (SSSR count). The monoisotopic (exact) mass is 581 g/mol. The Kier molecular flexibility index (Phi) is 9.21. The van der Waals surface area contributed by atoms with Crippen LogP contribution in [0.5, 0.6) is 11.5 Å². The van der Waals surface area contributed by atoms with E-state index in [2.05, 4.69) is 42.3 Å². The van der Waals surface area contributed by atoms with Crippen LogP contribution in [-0.4, -0.2) is 52.1 Å². The molecule has 1 aromatic carbocycles. The van der Waals surface area contributed by atoms with E-state index in [1.54, 1.807) is 43.3 Å². The highest BCUT2D eigenvalue weighted by atomic mass is 19.4. The minimum atomic E-state index is -5.02. The summed E-state index contributed by atoms with van der Waals surface area (Å²) in [6.45, 7) is 5.10. The second-order valence-electron chi connectivity index (χ2n) is 9.25. The first-order valence-electron chi connectivity index (χ1n) is 12.8. The Hall–Kier alpha value is -5.19. The number of nitrogens with zero attached hydrogens (tertiary/aromatic N) is 4. The lowest BCUT2D eigenvalue weighted by atomic mass is 9.93. The van der Waals surface area contributed by atoms with Crippen molar-refractivity contribution in [2.45, 2.75) is 50.9 Å². The van der Waals surface area contributed by atoms with Crippen molar-refractivity contribution < 1.29 is 32.2 Å². The SMILES string of the molecule is C=N/C(=C\C(C#N)=C/C)NC(=O)c1ccc(Oc2ccnc3[nH]nc(N[C@H]4CC[C@H](OC(=O)C(F)(F)F)CC4)c23)cc1. The number of allylic oxidation sites excluding steroid dienone is 3. The number of aliphatic imine (C=N–C) groups is 1. The van der Waals surface area contributed by atoms with E-state index in [1.165, 1.54) is 12.3 Å². The van der Waals surface area contributed by atoms with Gasteiger partial charge >= 0.3 is 12.1 Å². The summed E-state index contributed by atoms with van der Waals surface area (Å²) in [7, 11) is 0. The van der Waals surface area contributed by atoms with E-state index in [-0.39, 0.29) is 24.7 Å². The number of pyridine rings is 1. The van der Waals surface area contributed by atoms with Gasteiger partial charge in [-0.25, -0.2) is 14.8 Å². The minimum Gasteiger partial charge on any atom is -0.456 e. The smallest absolute Gasteiger partial charge is 0.456 e. The third kappa shape index (κ3) is 7.30. The van der Waals surface area contributed by atoms with Gasteiger partial charge in [0, 0.05) is 23.9 Å². The maximum atomic E-state index is 12.6. The number of carbonyl (C=O) groups is 2. The summed E-state index contributed by atoms with van der Waals surface area (Å²) >= 11 is 0. The molecule has 1 aliphatic rings. The molecule has 1 amide bonds. The number of benzene rings is 1. The molecule has 218 valence electrons. The molecule has 3 N–H and O–H groups in total. The number of aromatic amines is 1. The van der Waals surface area contributed by atoms with Crippen molar-refractivity contribution in [3.05, 3.63) is 65.6 Å². The number of amides is 1. The Morgan fingerprint density at radius 3 is 2.52 bits per heavy atom. The lowest BCUT2D eigenvalue weighted by molar-refractivity contribution is -0.206. The normalized spacial score (nSPS) is 17.7. The number of anilines is 1. The summed E-state index contributed by atoms with van der Waals surface area (Å²) in [4.78, 5) is 31.8. The first-order chi connectivity index (χ1) is 20.1. The molecule has 1 aliphatic carbocycles. The topological polar surface area (TPSA) is 154 Å². The summed E-state index contributed by atoms with van der Waals surface area (Å²) in [5.41, 5.74) is 1.09. The Labute approximate surface area is 238 Å². The van der Waals surface area contributed by atoms with Crippen molar-refractivity contribution in [1.29, 1.82) is 5.26 Å². The van der Waals surface area contributed by atoms with Crippen LogP contribution in [0, 0.1) is 11.3 Å². The standard InChI is InChI=1S/C28H26F3N7O4/c1-3-16(15-32)14-22(33-2)36-26(39)17-4-8-19(9-5-17)41-21-12-13-34-24-23(21)25(38-37-24)35-18-6-10-20(11-7-18)42-27(40)28(29,30)31/h3-5,8-9,12-14,18,20H,2,6-7,10-11H2,1H3,(H,36,39)(H2,34,35,37,38)/b16-3+,22-14+/t18-,20-. The van der Waals surface area contributed by atoms with Gasteiger partial charge in [0.1, 0.15) is 28.8 Å². The summed E-state index contributed by atoms with van der Waals surface area (Å²) in [5, 5.41) is 22.6. The van der Waals surface area contributed by atoms with Gasteiger partial charge in [0.15, 0.2) is 11.5 Å². The zero-order valence-electron chi connectivity index (χ0n) is 22.4. The Morgan fingerprint density at radius 2 is 1.90 bits per heavy atom. The largest absolute Gasteiger partial charge is 0.490 e. The fourth-order valence-corrected chi connectivity index (χ4v) is 4.29. The molecule has 2 aromatic heterocycles. The quantitative estimate of drug-likeness (QED) is 0.133. The molecule has 1 saturated carbocycles. The van der Waals surface area contributed by atoms with Crippen LogP contribution in [0.3, 0.4) is 0 Å². The van der Waals surface area contributed by atoms with Crippen LogP contribution in [0.15, 0.2) is 65.1 Å². The molecule has 0 radical (unpaired) electrons. The van der Waals surface area contributed by atoms with Gasteiger partial charge in [0.25, 0.3) is 5.91 Å². The number of aromatic nitrogens is 3. The number of alkyl halides is 3. The number of fused-ring (bicyclic) bond motifs is 1. The molecular weight excluding hydrogens is 555 g/mol. The number of carbonyl (C=O) groups excluding carboxylic acids is 2. The molecule has 0 spiro atoms. The predicted molar refractivity (Wildman–Crippen MR) is 147 cm³/mol. The molecule has 11 nitrogen and oxygen atoms in total. The molecule has 42 heavy (non-hydrogen) atoms. The molecule has 0 atom stereocenters. The highest BCUT2D eigenvalue weighted by Crippen LogP contribution is 2.34.